The first kappa shape index (κ1) is 19.2. The van der Waals surface area contributed by atoms with Crippen LogP contribution in [0.3, 0.4) is 0 Å². The van der Waals surface area contributed by atoms with Gasteiger partial charge in [0.1, 0.15) is 11.5 Å². The molecule has 3 rings (SSSR count). The first-order valence-corrected chi connectivity index (χ1v) is 10.4. The Kier molecular flexibility index (Phi) is 6.20. The van der Waals surface area contributed by atoms with Gasteiger partial charge < -0.3 is 9.84 Å². The minimum atomic E-state index is -0.126. The number of nitroso groups, excluding NO2 is 1. The molecule has 0 radical (unpaired) electrons. The maximum atomic E-state index is 11.0. The van der Waals surface area contributed by atoms with Crippen LogP contribution in [0.4, 0.5) is 0 Å². The van der Waals surface area contributed by atoms with Crippen LogP contribution in [0.25, 0.3) is 0 Å². The van der Waals surface area contributed by atoms with Crippen molar-refractivity contribution < 1.29 is 9.84 Å². The summed E-state index contributed by atoms with van der Waals surface area (Å²) in [5, 5.41) is 14.1. The van der Waals surface area contributed by atoms with Crippen LogP contribution in [0.2, 0.25) is 0 Å². The lowest BCUT2D eigenvalue weighted by Crippen LogP contribution is -2.33. The summed E-state index contributed by atoms with van der Waals surface area (Å²) >= 11 is 0. The number of rotatable bonds is 7. The number of fused-ring (bicyclic) bond motifs is 3. The van der Waals surface area contributed by atoms with Gasteiger partial charge in [0.15, 0.2) is 0 Å². The Morgan fingerprint density at radius 3 is 2.81 bits per heavy atom. The summed E-state index contributed by atoms with van der Waals surface area (Å²) in [6.07, 6.45) is 7.53. The molecule has 26 heavy (non-hydrogen) atoms. The van der Waals surface area contributed by atoms with Crippen molar-refractivity contribution in [1.29, 1.82) is 0 Å². The highest BCUT2D eigenvalue weighted by atomic mass is 16.5. The fourth-order valence-corrected chi connectivity index (χ4v) is 4.74. The third kappa shape index (κ3) is 3.89. The third-order valence-electron chi connectivity index (χ3n) is 6.72. The van der Waals surface area contributed by atoms with Crippen molar-refractivity contribution in [3.8, 4) is 11.5 Å². The molecule has 0 bridgehead atoms. The van der Waals surface area contributed by atoms with E-state index in [0.29, 0.717) is 30.1 Å². The molecule has 0 amide bonds. The lowest BCUT2D eigenvalue weighted by molar-refractivity contribution is 0.146. The Balaban J connectivity index is 1.80. The first-order valence-electron chi connectivity index (χ1n) is 10.4. The van der Waals surface area contributed by atoms with E-state index in [-0.39, 0.29) is 12.0 Å². The Morgan fingerprint density at radius 2 is 2.08 bits per heavy atom. The Morgan fingerprint density at radius 1 is 1.27 bits per heavy atom. The topological polar surface area (TPSA) is 58.9 Å². The van der Waals surface area contributed by atoms with Crippen molar-refractivity contribution in [3.63, 3.8) is 0 Å². The number of benzene rings is 1. The highest BCUT2D eigenvalue weighted by molar-refractivity contribution is 5.52. The molecular formula is C22H33NO3. The number of phenols is 1. The van der Waals surface area contributed by atoms with Crippen molar-refractivity contribution in [2.75, 3.05) is 6.61 Å². The van der Waals surface area contributed by atoms with Gasteiger partial charge in [-0.15, -0.1) is 0 Å². The molecule has 2 aliphatic rings. The predicted octanol–water partition coefficient (Wildman–Crippen LogP) is 6.12. The van der Waals surface area contributed by atoms with Gasteiger partial charge in [0.2, 0.25) is 0 Å². The SMILES string of the molecule is CCCCCC(C)C(C)c1cc(O)c2c(c1)OCC1CCC(N=O)CC21. The van der Waals surface area contributed by atoms with E-state index in [0.717, 1.165) is 36.1 Å². The van der Waals surface area contributed by atoms with Crippen LogP contribution in [0.1, 0.15) is 88.7 Å². The molecule has 4 heteroatoms. The Labute approximate surface area is 157 Å². The second-order valence-corrected chi connectivity index (χ2v) is 8.46. The van der Waals surface area contributed by atoms with Crippen molar-refractivity contribution in [2.45, 2.75) is 83.6 Å². The average molecular weight is 360 g/mol. The predicted molar refractivity (Wildman–Crippen MR) is 105 cm³/mol. The lowest BCUT2D eigenvalue weighted by Gasteiger charge is -2.39. The van der Waals surface area contributed by atoms with Gasteiger partial charge in [-0.1, -0.05) is 51.6 Å². The summed E-state index contributed by atoms with van der Waals surface area (Å²) in [4.78, 5) is 11.0. The van der Waals surface area contributed by atoms with Crippen LogP contribution in [0.5, 0.6) is 11.5 Å². The highest BCUT2D eigenvalue weighted by Crippen LogP contribution is 2.50. The van der Waals surface area contributed by atoms with E-state index in [2.05, 4.69) is 32.0 Å². The summed E-state index contributed by atoms with van der Waals surface area (Å²) < 4.78 is 6.04. The van der Waals surface area contributed by atoms with Gasteiger partial charge in [0.05, 0.1) is 12.6 Å². The zero-order valence-corrected chi connectivity index (χ0v) is 16.4. The molecule has 0 aromatic heterocycles. The second-order valence-electron chi connectivity index (χ2n) is 8.46. The van der Waals surface area contributed by atoms with E-state index < -0.39 is 0 Å². The summed E-state index contributed by atoms with van der Waals surface area (Å²) in [6, 6.07) is 3.94. The molecule has 1 saturated carbocycles. The Hall–Kier alpha value is -1.58. The van der Waals surface area contributed by atoms with E-state index >= 15 is 0 Å². The normalized spacial score (nSPS) is 27.0. The fraction of sp³-hybridized carbons (Fsp3) is 0.727. The molecule has 5 unspecified atom stereocenters. The summed E-state index contributed by atoms with van der Waals surface area (Å²) in [6.45, 7) is 7.47. The molecule has 1 aromatic carbocycles. The van der Waals surface area contributed by atoms with Gasteiger partial charge in [0, 0.05) is 11.5 Å². The second kappa shape index (κ2) is 8.41. The number of nitrogens with zero attached hydrogens (tertiary/aromatic N) is 1. The van der Waals surface area contributed by atoms with Crippen molar-refractivity contribution in [3.05, 3.63) is 28.2 Å². The molecule has 0 saturated heterocycles. The van der Waals surface area contributed by atoms with Gasteiger partial charge in [0.25, 0.3) is 0 Å². The number of unbranched alkanes of at least 4 members (excludes halogenated alkanes) is 2. The fourth-order valence-electron chi connectivity index (χ4n) is 4.74. The van der Waals surface area contributed by atoms with Gasteiger partial charge >= 0.3 is 0 Å². The van der Waals surface area contributed by atoms with Crippen LogP contribution in [-0.2, 0) is 0 Å². The molecule has 1 aliphatic carbocycles. The monoisotopic (exact) mass is 359 g/mol. The van der Waals surface area contributed by atoms with Gasteiger partial charge in [-0.05, 0) is 54.7 Å². The summed E-state index contributed by atoms with van der Waals surface area (Å²) in [5.41, 5.74) is 2.06. The maximum absolute atomic E-state index is 11.0. The summed E-state index contributed by atoms with van der Waals surface area (Å²) in [7, 11) is 0. The number of phenolic OH excluding ortho intramolecular Hbond substituents is 1. The molecule has 144 valence electrons. The van der Waals surface area contributed by atoms with E-state index in [9.17, 15) is 10.0 Å². The molecule has 1 N–H and O–H groups in total. The molecular weight excluding hydrogens is 326 g/mol. The van der Waals surface area contributed by atoms with E-state index in [1.165, 1.54) is 25.7 Å². The molecule has 0 spiro atoms. The minimum absolute atomic E-state index is 0.126. The van der Waals surface area contributed by atoms with E-state index in [1.807, 2.05) is 6.07 Å². The molecule has 1 fully saturated rings. The van der Waals surface area contributed by atoms with Crippen molar-refractivity contribution >= 4 is 0 Å². The van der Waals surface area contributed by atoms with Crippen molar-refractivity contribution in [1.82, 2.24) is 0 Å². The Bertz CT molecular complexity index is 630. The number of hydrogen-bond donors (Lipinski definition) is 1. The van der Waals surface area contributed by atoms with Gasteiger partial charge in [-0.3, -0.25) is 0 Å². The maximum Gasteiger partial charge on any atom is 0.126 e. The average Bonchev–Trinajstić information content (AvgIpc) is 2.66. The zero-order chi connectivity index (χ0) is 18.7. The van der Waals surface area contributed by atoms with Gasteiger partial charge in [-0.2, -0.15) is 4.91 Å². The molecule has 1 aromatic rings. The van der Waals surface area contributed by atoms with E-state index in [4.69, 9.17) is 4.74 Å². The largest absolute Gasteiger partial charge is 0.508 e. The molecule has 5 atom stereocenters. The quantitative estimate of drug-likeness (QED) is 0.471. The van der Waals surface area contributed by atoms with Crippen molar-refractivity contribution in [2.24, 2.45) is 17.0 Å². The van der Waals surface area contributed by atoms with Crippen LogP contribution < -0.4 is 4.74 Å². The number of aromatic hydroxyl groups is 1. The third-order valence-corrected chi connectivity index (χ3v) is 6.72. The number of hydrogen-bond acceptors (Lipinski definition) is 4. The summed E-state index contributed by atoms with van der Waals surface area (Å²) in [5.74, 6) is 2.71. The smallest absolute Gasteiger partial charge is 0.126 e. The lowest BCUT2D eigenvalue weighted by atomic mass is 9.72. The van der Waals surface area contributed by atoms with Crippen LogP contribution in [-0.4, -0.2) is 17.8 Å². The van der Waals surface area contributed by atoms with Crippen LogP contribution in [0, 0.1) is 16.7 Å². The van der Waals surface area contributed by atoms with Crippen LogP contribution in [0.15, 0.2) is 17.3 Å². The van der Waals surface area contributed by atoms with E-state index in [1.54, 1.807) is 0 Å². The first-order chi connectivity index (χ1) is 12.5. The zero-order valence-electron chi connectivity index (χ0n) is 16.4. The van der Waals surface area contributed by atoms with Gasteiger partial charge in [-0.25, -0.2) is 0 Å². The standard InChI is InChI=1S/C22H33NO3/c1-4-5-6-7-14(2)15(3)17-10-20(24)22-19-12-18(23-25)9-8-16(19)13-26-21(22)11-17/h10-11,14-16,18-19,24H,4-9,12-13H2,1-3H3. The minimum Gasteiger partial charge on any atom is -0.508 e. The van der Waals surface area contributed by atoms with Crippen LogP contribution >= 0.6 is 0 Å². The molecule has 1 aliphatic heterocycles. The molecule has 1 heterocycles. The highest BCUT2D eigenvalue weighted by Gasteiger charge is 2.39. The molecule has 4 nitrogen and oxygen atoms in total. The number of ether oxygens (including phenoxy) is 1.